The number of aliphatic imine (C=N–C) groups is 1. The fourth-order valence-corrected chi connectivity index (χ4v) is 3.90. The quantitative estimate of drug-likeness (QED) is 0.181. The highest BCUT2D eigenvalue weighted by molar-refractivity contribution is 14.0. The normalized spacial score (nSPS) is 19.3. The summed E-state index contributed by atoms with van der Waals surface area (Å²) in [5, 5.41) is 6.84. The van der Waals surface area contributed by atoms with Gasteiger partial charge < -0.3 is 25.0 Å². The van der Waals surface area contributed by atoms with Crippen LogP contribution in [-0.2, 0) is 9.53 Å². The number of benzene rings is 1. The molecular weight excluding hydrogens is 507 g/mol. The Morgan fingerprint density at radius 2 is 1.90 bits per heavy atom. The molecule has 8 heteroatoms. The molecule has 3 rings (SSSR count). The van der Waals surface area contributed by atoms with E-state index in [1.165, 1.54) is 25.7 Å². The van der Waals surface area contributed by atoms with Crippen LogP contribution >= 0.6 is 24.0 Å². The maximum Gasteiger partial charge on any atom is 0.243 e. The van der Waals surface area contributed by atoms with Crippen LogP contribution in [0.2, 0.25) is 0 Å². The second-order valence-electron chi connectivity index (χ2n) is 8.24. The predicted octanol–water partition coefficient (Wildman–Crippen LogP) is 3.49. The number of carbonyl (C=O) groups is 1. The number of hydrogen-bond donors (Lipinski definition) is 2. The number of guanidine groups is 1. The zero-order chi connectivity index (χ0) is 21.2. The topological polar surface area (TPSA) is 75.2 Å². The van der Waals surface area contributed by atoms with Gasteiger partial charge in [0.15, 0.2) is 5.96 Å². The molecular formula is C23H37IN4O3. The molecule has 1 amide bonds. The van der Waals surface area contributed by atoms with Crippen LogP contribution in [0.25, 0.3) is 0 Å². The van der Waals surface area contributed by atoms with Gasteiger partial charge in [0.25, 0.3) is 0 Å². The molecule has 1 aliphatic carbocycles. The van der Waals surface area contributed by atoms with Gasteiger partial charge in [-0.15, -0.1) is 24.0 Å². The van der Waals surface area contributed by atoms with E-state index < -0.39 is 0 Å². The van der Waals surface area contributed by atoms with Crippen molar-refractivity contribution in [2.75, 3.05) is 40.4 Å². The Hall–Kier alpha value is -1.55. The van der Waals surface area contributed by atoms with Gasteiger partial charge in [0.1, 0.15) is 12.3 Å². The van der Waals surface area contributed by atoms with Crippen molar-refractivity contribution in [3.8, 4) is 5.75 Å². The van der Waals surface area contributed by atoms with Crippen molar-refractivity contribution >= 4 is 35.8 Å². The summed E-state index contributed by atoms with van der Waals surface area (Å²) in [5.41, 5.74) is 1.12. The van der Waals surface area contributed by atoms with E-state index in [0.29, 0.717) is 31.8 Å². The van der Waals surface area contributed by atoms with E-state index in [2.05, 4.69) is 21.7 Å². The molecule has 1 atom stereocenters. The lowest BCUT2D eigenvalue weighted by molar-refractivity contribution is -0.127. The van der Waals surface area contributed by atoms with E-state index in [1.807, 2.05) is 18.2 Å². The van der Waals surface area contributed by atoms with Gasteiger partial charge in [-0.3, -0.25) is 4.79 Å². The minimum absolute atomic E-state index is 0. The number of fused-ring (bicyclic) bond motifs is 1. The van der Waals surface area contributed by atoms with Crippen molar-refractivity contribution in [2.24, 2.45) is 4.99 Å². The Balaban J connectivity index is 0.00000341. The summed E-state index contributed by atoms with van der Waals surface area (Å²) < 4.78 is 11.8. The molecule has 1 aromatic rings. The third kappa shape index (κ3) is 8.48. The molecule has 1 fully saturated rings. The van der Waals surface area contributed by atoms with E-state index >= 15 is 0 Å². The van der Waals surface area contributed by atoms with Crippen LogP contribution in [-0.4, -0.2) is 63.3 Å². The first-order valence-corrected chi connectivity index (χ1v) is 11.2. The van der Waals surface area contributed by atoms with E-state index in [1.54, 1.807) is 19.0 Å². The van der Waals surface area contributed by atoms with Gasteiger partial charge in [-0.25, -0.2) is 4.99 Å². The first-order valence-electron chi connectivity index (χ1n) is 11.2. The molecule has 2 aliphatic rings. The minimum atomic E-state index is -0.0295. The van der Waals surface area contributed by atoms with Gasteiger partial charge >= 0.3 is 0 Å². The lowest BCUT2D eigenvalue weighted by Crippen LogP contribution is -2.43. The third-order valence-corrected chi connectivity index (χ3v) is 5.69. The minimum Gasteiger partial charge on any atom is -0.493 e. The van der Waals surface area contributed by atoms with Gasteiger partial charge in [-0.2, -0.15) is 0 Å². The van der Waals surface area contributed by atoms with Crippen LogP contribution in [0.1, 0.15) is 56.6 Å². The number of rotatable bonds is 7. The first kappa shape index (κ1) is 25.7. The fraction of sp³-hybridized carbons (Fsp3) is 0.652. The zero-order valence-corrected chi connectivity index (χ0v) is 21.1. The van der Waals surface area contributed by atoms with Crippen molar-refractivity contribution in [1.29, 1.82) is 0 Å². The molecule has 174 valence electrons. The van der Waals surface area contributed by atoms with Crippen molar-refractivity contribution in [3.05, 3.63) is 29.8 Å². The highest BCUT2D eigenvalue weighted by Crippen LogP contribution is 2.31. The Kier molecular flexibility index (Phi) is 11.4. The Morgan fingerprint density at radius 3 is 2.65 bits per heavy atom. The molecule has 7 nitrogen and oxygen atoms in total. The summed E-state index contributed by atoms with van der Waals surface area (Å²) in [5.74, 6) is 1.51. The molecule has 31 heavy (non-hydrogen) atoms. The molecule has 0 aromatic heterocycles. The van der Waals surface area contributed by atoms with E-state index in [4.69, 9.17) is 9.47 Å². The highest BCUT2D eigenvalue weighted by atomic mass is 127. The number of carbonyl (C=O) groups excluding carboxylic acids is 1. The van der Waals surface area contributed by atoms with Crippen molar-refractivity contribution < 1.29 is 14.3 Å². The summed E-state index contributed by atoms with van der Waals surface area (Å²) in [6.07, 6.45) is 8.73. The van der Waals surface area contributed by atoms with Crippen LogP contribution in [0.5, 0.6) is 5.75 Å². The number of likely N-dealkylation sites (N-methyl/N-ethyl adjacent to an activating group) is 1. The maximum absolute atomic E-state index is 12.0. The van der Waals surface area contributed by atoms with Gasteiger partial charge in [-0.1, -0.05) is 43.9 Å². The number of nitrogens with one attached hydrogen (secondary N) is 2. The number of halogens is 1. The molecule has 1 aromatic carbocycles. The molecule has 0 saturated heterocycles. The van der Waals surface area contributed by atoms with Gasteiger partial charge in [-0.05, 0) is 18.9 Å². The summed E-state index contributed by atoms with van der Waals surface area (Å²) in [6.45, 7) is 2.06. The molecule has 2 N–H and O–H groups in total. The molecule has 0 spiro atoms. The highest BCUT2D eigenvalue weighted by Gasteiger charge is 2.22. The smallest absolute Gasteiger partial charge is 0.243 e. The zero-order valence-electron chi connectivity index (χ0n) is 18.8. The SMILES string of the molecule is CN(C)C(=O)CN=C(NCCOC1CCCCCC1)NC1CCOc2ccccc21.I. The van der Waals surface area contributed by atoms with Gasteiger partial charge in [0.05, 0.1) is 25.4 Å². The number of nitrogens with zero attached hydrogens (tertiary/aromatic N) is 2. The summed E-state index contributed by atoms with van der Waals surface area (Å²) >= 11 is 0. The van der Waals surface area contributed by atoms with Gasteiger partial charge in [0, 0.05) is 32.6 Å². The van der Waals surface area contributed by atoms with E-state index in [0.717, 1.165) is 30.6 Å². The molecule has 1 unspecified atom stereocenters. The second-order valence-corrected chi connectivity index (χ2v) is 8.24. The van der Waals surface area contributed by atoms with E-state index in [9.17, 15) is 4.79 Å². The summed E-state index contributed by atoms with van der Waals surface area (Å²) in [6, 6.07) is 8.16. The van der Waals surface area contributed by atoms with Crippen molar-refractivity contribution in [2.45, 2.75) is 57.1 Å². The average molecular weight is 544 g/mol. The summed E-state index contributed by atoms with van der Waals surface area (Å²) in [7, 11) is 3.49. The van der Waals surface area contributed by atoms with Crippen LogP contribution < -0.4 is 15.4 Å². The van der Waals surface area contributed by atoms with Gasteiger partial charge in [0.2, 0.25) is 5.91 Å². The fourth-order valence-electron chi connectivity index (χ4n) is 3.90. The lowest BCUT2D eigenvalue weighted by Gasteiger charge is -2.28. The van der Waals surface area contributed by atoms with Crippen LogP contribution in [0.3, 0.4) is 0 Å². The number of ether oxygens (including phenoxy) is 2. The lowest BCUT2D eigenvalue weighted by atomic mass is 10.0. The molecule has 1 aliphatic heterocycles. The molecule has 1 heterocycles. The second kappa shape index (κ2) is 13.8. The average Bonchev–Trinajstić information content (AvgIpc) is 3.03. The van der Waals surface area contributed by atoms with Crippen molar-refractivity contribution in [3.63, 3.8) is 0 Å². The van der Waals surface area contributed by atoms with Crippen LogP contribution in [0, 0.1) is 0 Å². The standard InChI is InChI=1S/C23H36N4O3.HI/c1-27(2)22(28)17-25-23(24-14-16-29-18-9-5-3-4-6-10-18)26-20-13-15-30-21-12-8-7-11-19(20)21;/h7-8,11-12,18,20H,3-6,9-10,13-17H2,1-2H3,(H2,24,25,26);1H. The van der Waals surface area contributed by atoms with Crippen LogP contribution in [0.4, 0.5) is 0 Å². The first-order chi connectivity index (χ1) is 14.6. The Labute approximate surface area is 203 Å². The van der Waals surface area contributed by atoms with Crippen LogP contribution in [0.15, 0.2) is 29.3 Å². The molecule has 0 radical (unpaired) electrons. The molecule has 0 bridgehead atoms. The summed E-state index contributed by atoms with van der Waals surface area (Å²) in [4.78, 5) is 18.1. The predicted molar refractivity (Wildman–Crippen MR) is 134 cm³/mol. The number of hydrogen-bond acceptors (Lipinski definition) is 4. The van der Waals surface area contributed by atoms with E-state index in [-0.39, 0.29) is 42.5 Å². The van der Waals surface area contributed by atoms with Crippen molar-refractivity contribution in [1.82, 2.24) is 15.5 Å². The third-order valence-electron chi connectivity index (χ3n) is 5.69. The Bertz CT molecular complexity index is 706. The largest absolute Gasteiger partial charge is 0.493 e. The number of para-hydroxylation sites is 1. The maximum atomic E-state index is 12.0. The Morgan fingerprint density at radius 1 is 1.16 bits per heavy atom. The monoisotopic (exact) mass is 544 g/mol. The molecule has 1 saturated carbocycles. The number of amides is 1.